The molecule has 1 saturated heterocycles. The minimum atomic E-state index is -3.30. The molecular formula is C21H24F2N4O4. The number of para-hydroxylation sites is 1. The van der Waals surface area contributed by atoms with Crippen LogP contribution in [0.2, 0.25) is 0 Å². The summed E-state index contributed by atoms with van der Waals surface area (Å²) >= 11 is 0. The Hall–Kier alpha value is -3.43. The Kier molecular flexibility index (Phi) is 6.01. The normalized spacial score (nSPS) is 17.8. The summed E-state index contributed by atoms with van der Waals surface area (Å²) in [6.07, 6.45) is 0.890. The largest absolute Gasteiger partial charge is 0.444 e. The summed E-state index contributed by atoms with van der Waals surface area (Å²) in [7, 11) is 0. The molecule has 4 amide bonds. The molecule has 2 aromatic rings. The van der Waals surface area contributed by atoms with Crippen molar-refractivity contribution in [2.24, 2.45) is 0 Å². The second-order valence-corrected chi connectivity index (χ2v) is 8.19. The number of imide groups is 1. The van der Waals surface area contributed by atoms with Crippen molar-refractivity contribution in [3.8, 4) is 0 Å². The van der Waals surface area contributed by atoms with Gasteiger partial charge in [-0.25, -0.2) is 18.4 Å². The number of ether oxygens (including phenoxy) is 1. The molecule has 166 valence electrons. The van der Waals surface area contributed by atoms with Crippen LogP contribution in [0.4, 0.5) is 24.1 Å². The van der Waals surface area contributed by atoms with Gasteiger partial charge in [-0.05, 0) is 45.0 Å². The predicted octanol–water partition coefficient (Wildman–Crippen LogP) is 3.83. The van der Waals surface area contributed by atoms with Gasteiger partial charge in [0.1, 0.15) is 11.6 Å². The standard InChI is InChI=1S/C21H24F2N4O4/c1-20(2,3)31-19(30)26-14-21(22,23)13-16(26)17(28)27(25-11-7-8-12-25)18(29)24-15-9-5-4-6-10-15/h4-12,16H,13-14H2,1-3H3,(H,24,29). The molecule has 0 saturated carbocycles. The van der Waals surface area contributed by atoms with Gasteiger partial charge in [-0.1, -0.05) is 18.2 Å². The third kappa shape index (κ3) is 5.39. The maximum atomic E-state index is 14.2. The van der Waals surface area contributed by atoms with Gasteiger partial charge < -0.3 is 10.1 Å². The van der Waals surface area contributed by atoms with E-state index in [4.69, 9.17) is 4.74 Å². The van der Waals surface area contributed by atoms with Crippen molar-refractivity contribution in [1.29, 1.82) is 0 Å². The summed E-state index contributed by atoms with van der Waals surface area (Å²) in [5.41, 5.74) is -0.522. The molecule has 3 rings (SSSR count). The molecule has 1 atom stereocenters. The van der Waals surface area contributed by atoms with E-state index in [0.717, 1.165) is 0 Å². The molecule has 1 N–H and O–H groups in total. The average Bonchev–Trinajstić information content (AvgIpc) is 3.29. The highest BCUT2D eigenvalue weighted by Crippen LogP contribution is 2.34. The number of likely N-dealkylation sites (tertiary alicyclic amines) is 1. The third-order valence-corrected chi connectivity index (χ3v) is 4.43. The molecule has 0 aliphatic carbocycles. The van der Waals surface area contributed by atoms with E-state index in [1.807, 2.05) is 0 Å². The number of carbonyl (C=O) groups is 3. The van der Waals surface area contributed by atoms with Crippen molar-refractivity contribution in [3.63, 3.8) is 0 Å². The van der Waals surface area contributed by atoms with E-state index in [9.17, 15) is 23.2 Å². The van der Waals surface area contributed by atoms with Crippen LogP contribution in [0.1, 0.15) is 27.2 Å². The number of hydrogen-bond acceptors (Lipinski definition) is 4. The number of aromatic nitrogens is 1. The van der Waals surface area contributed by atoms with E-state index in [0.29, 0.717) is 15.6 Å². The van der Waals surface area contributed by atoms with Gasteiger partial charge in [0.15, 0.2) is 0 Å². The van der Waals surface area contributed by atoms with Crippen molar-refractivity contribution < 1.29 is 27.9 Å². The number of benzene rings is 1. The predicted molar refractivity (Wildman–Crippen MR) is 109 cm³/mol. The van der Waals surface area contributed by atoms with E-state index in [-0.39, 0.29) is 0 Å². The second-order valence-electron chi connectivity index (χ2n) is 8.19. The lowest BCUT2D eigenvalue weighted by Crippen LogP contribution is -2.55. The summed E-state index contributed by atoms with van der Waals surface area (Å²) in [6, 6.07) is 9.10. The molecule has 10 heteroatoms. The van der Waals surface area contributed by atoms with Gasteiger partial charge in [-0.2, -0.15) is 5.01 Å². The SMILES string of the molecule is CC(C)(C)OC(=O)N1CC(F)(F)CC1C(=O)N(C(=O)Nc1ccccc1)n1cccc1. The first-order valence-corrected chi connectivity index (χ1v) is 9.67. The van der Waals surface area contributed by atoms with Crippen LogP contribution in [0.15, 0.2) is 54.9 Å². The van der Waals surface area contributed by atoms with E-state index in [1.165, 1.54) is 17.1 Å². The van der Waals surface area contributed by atoms with Crippen LogP contribution in [0.25, 0.3) is 0 Å². The highest BCUT2D eigenvalue weighted by atomic mass is 19.3. The molecular weight excluding hydrogens is 410 g/mol. The highest BCUT2D eigenvalue weighted by Gasteiger charge is 2.53. The molecule has 1 unspecified atom stereocenters. The van der Waals surface area contributed by atoms with Crippen molar-refractivity contribution in [2.75, 3.05) is 16.9 Å². The van der Waals surface area contributed by atoms with E-state index < -0.39 is 48.6 Å². The van der Waals surface area contributed by atoms with Crippen LogP contribution < -0.4 is 10.3 Å². The Morgan fingerprint density at radius 2 is 1.71 bits per heavy atom. The fraction of sp³-hybridized carbons (Fsp3) is 0.381. The second kappa shape index (κ2) is 8.37. The summed E-state index contributed by atoms with van der Waals surface area (Å²) in [4.78, 5) is 39.4. The zero-order valence-electron chi connectivity index (χ0n) is 17.4. The number of carbonyl (C=O) groups excluding carboxylic acids is 3. The number of alkyl halides is 2. The fourth-order valence-electron chi connectivity index (χ4n) is 3.17. The van der Waals surface area contributed by atoms with E-state index >= 15 is 0 Å². The van der Waals surface area contributed by atoms with Crippen LogP contribution >= 0.6 is 0 Å². The molecule has 1 aromatic carbocycles. The van der Waals surface area contributed by atoms with E-state index in [2.05, 4.69) is 5.32 Å². The fourth-order valence-corrected chi connectivity index (χ4v) is 3.17. The number of rotatable bonds is 3. The lowest BCUT2D eigenvalue weighted by atomic mass is 10.1. The zero-order chi connectivity index (χ0) is 22.8. The van der Waals surface area contributed by atoms with Gasteiger partial charge in [-0.3, -0.25) is 14.4 Å². The topological polar surface area (TPSA) is 83.9 Å². The Labute approximate surface area is 178 Å². The average molecular weight is 434 g/mol. The van der Waals surface area contributed by atoms with E-state index in [1.54, 1.807) is 63.2 Å². The number of amides is 4. The van der Waals surface area contributed by atoms with Crippen LogP contribution in [-0.2, 0) is 9.53 Å². The van der Waals surface area contributed by atoms with Gasteiger partial charge in [0.05, 0.1) is 6.54 Å². The van der Waals surface area contributed by atoms with Gasteiger partial charge in [0, 0.05) is 24.5 Å². The summed E-state index contributed by atoms with van der Waals surface area (Å²) in [5, 5.41) is 3.25. The molecule has 1 aromatic heterocycles. The molecule has 0 radical (unpaired) electrons. The lowest BCUT2D eigenvalue weighted by Gasteiger charge is -2.30. The van der Waals surface area contributed by atoms with Gasteiger partial charge in [0.2, 0.25) is 0 Å². The van der Waals surface area contributed by atoms with Crippen molar-refractivity contribution >= 4 is 23.7 Å². The number of hydrogen-bond donors (Lipinski definition) is 1. The maximum Gasteiger partial charge on any atom is 0.411 e. The Balaban J connectivity index is 1.90. The number of anilines is 1. The van der Waals surface area contributed by atoms with Crippen molar-refractivity contribution in [1.82, 2.24) is 9.58 Å². The lowest BCUT2D eigenvalue weighted by molar-refractivity contribution is -0.123. The molecule has 0 spiro atoms. The Morgan fingerprint density at radius 1 is 1.10 bits per heavy atom. The van der Waals surface area contributed by atoms with Crippen molar-refractivity contribution in [2.45, 2.75) is 44.8 Å². The first-order valence-electron chi connectivity index (χ1n) is 9.67. The maximum absolute atomic E-state index is 14.2. The quantitative estimate of drug-likeness (QED) is 0.796. The monoisotopic (exact) mass is 434 g/mol. The third-order valence-electron chi connectivity index (χ3n) is 4.43. The number of urea groups is 1. The molecule has 31 heavy (non-hydrogen) atoms. The molecule has 2 heterocycles. The minimum Gasteiger partial charge on any atom is -0.444 e. The smallest absolute Gasteiger partial charge is 0.411 e. The Bertz CT molecular complexity index is 942. The zero-order valence-corrected chi connectivity index (χ0v) is 17.4. The van der Waals surface area contributed by atoms with Crippen molar-refractivity contribution in [3.05, 3.63) is 54.9 Å². The van der Waals surface area contributed by atoms with Gasteiger partial charge in [0.25, 0.3) is 11.8 Å². The van der Waals surface area contributed by atoms with Crippen LogP contribution in [0.3, 0.4) is 0 Å². The molecule has 1 aliphatic rings. The Morgan fingerprint density at radius 3 is 2.29 bits per heavy atom. The minimum absolute atomic E-state index is 0.415. The summed E-state index contributed by atoms with van der Waals surface area (Å²) in [5.74, 6) is -4.28. The first kappa shape index (κ1) is 22.3. The van der Waals surface area contributed by atoms with Crippen LogP contribution in [0.5, 0.6) is 0 Å². The van der Waals surface area contributed by atoms with Gasteiger partial charge >= 0.3 is 12.1 Å². The van der Waals surface area contributed by atoms with Gasteiger partial charge in [-0.15, -0.1) is 0 Å². The molecule has 1 aliphatic heterocycles. The number of nitrogens with one attached hydrogen (secondary N) is 1. The summed E-state index contributed by atoms with van der Waals surface area (Å²) in [6.45, 7) is 3.80. The molecule has 0 bridgehead atoms. The number of halogens is 2. The van der Waals surface area contributed by atoms with Crippen LogP contribution in [0, 0.1) is 0 Å². The number of nitrogens with zero attached hydrogens (tertiary/aromatic N) is 3. The highest BCUT2D eigenvalue weighted by molar-refractivity contribution is 6.14. The summed E-state index contributed by atoms with van der Waals surface area (Å²) < 4.78 is 34.8. The van der Waals surface area contributed by atoms with Crippen LogP contribution in [-0.4, -0.2) is 51.7 Å². The first-order chi connectivity index (χ1) is 14.5. The molecule has 1 fully saturated rings. The molecule has 8 nitrogen and oxygen atoms in total.